The van der Waals surface area contributed by atoms with E-state index in [4.69, 9.17) is 16.3 Å². The monoisotopic (exact) mass is 254 g/mol. The van der Waals surface area contributed by atoms with Crippen LogP contribution in [0.15, 0.2) is 23.1 Å². The number of hydrogen-bond acceptors (Lipinski definition) is 4. The van der Waals surface area contributed by atoms with Crippen LogP contribution in [-0.2, 0) is 9.84 Å². The Labute approximate surface area is 99.0 Å². The molecule has 0 amide bonds. The fourth-order valence-electron chi connectivity index (χ4n) is 1.24. The van der Waals surface area contributed by atoms with E-state index in [1.165, 1.54) is 19.2 Å². The molecule has 0 aliphatic carbocycles. The molecule has 1 aromatic rings. The van der Waals surface area contributed by atoms with Gasteiger partial charge in [-0.05, 0) is 18.2 Å². The van der Waals surface area contributed by atoms with Gasteiger partial charge in [-0.1, -0.05) is 5.92 Å². The van der Waals surface area contributed by atoms with Gasteiger partial charge in [0.2, 0.25) is 0 Å². The normalized spacial score (nSPS) is 10.6. The molecular formula is C11H10O5S. The first-order valence-electron chi connectivity index (χ1n) is 4.50. The van der Waals surface area contributed by atoms with Gasteiger partial charge in [0.15, 0.2) is 9.84 Å². The van der Waals surface area contributed by atoms with E-state index < -0.39 is 21.6 Å². The van der Waals surface area contributed by atoms with Crippen LogP contribution in [0, 0.1) is 12.3 Å². The molecule has 0 saturated carbocycles. The van der Waals surface area contributed by atoms with E-state index >= 15 is 0 Å². The highest BCUT2D eigenvalue weighted by Crippen LogP contribution is 2.25. The summed E-state index contributed by atoms with van der Waals surface area (Å²) >= 11 is 0. The molecule has 0 spiro atoms. The molecule has 90 valence electrons. The van der Waals surface area contributed by atoms with Crippen molar-refractivity contribution in [2.24, 2.45) is 0 Å². The van der Waals surface area contributed by atoms with Gasteiger partial charge in [-0.15, -0.1) is 6.42 Å². The maximum Gasteiger partial charge on any atom is 0.335 e. The Kier molecular flexibility index (Phi) is 3.76. The Morgan fingerprint density at radius 2 is 2.18 bits per heavy atom. The number of rotatable bonds is 4. The largest absolute Gasteiger partial charge is 0.495 e. The summed E-state index contributed by atoms with van der Waals surface area (Å²) < 4.78 is 28.4. The highest BCUT2D eigenvalue weighted by molar-refractivity contribution is 7.91. The molecule has 5 nitrogen and oxygen atoms in total. The number of benzene rings is 1. The van der Waals surface area contributed by atoms with Crippen LogP contribution >= 0.6 is 0 Å². The molecule has 0 aliphatic rings. The van der Waals surface area contributed by atoms with E-state index in [9.17, 15) is 13.2 Å². The number of carbonyl (C=O) groups is 1. The summed E-state index contributed by atoms with van der Waals surface area (Å²) in [5.74, 6) is 0.365. The van der Waals surface area contributed by atoms with E-state index in [0.29, 0.717) is 0 Å². The fraction of sp³-hybridized carbons (Fsp3) is 0.182. The van der Waals surface area contributed by atoms with Gasteiger partial charge in [0, 0.05) is 0 Å². The van der Waals surface area contributed by atoms with Gasteiger partial charge in [-0.2, -0.15) is 0 Å². The van der Waals surface area contributed by atoms with Crippen molar-refractivity contribution in [3.05, 3.63) is 23.8 Å². The Morgan fingerprint density at radius 3 is 2.65 bits per heavy atom. The minimum atomic E-state index is -3.73. The third-order valence-corrected chi connectivity index (χ3v) is 3.55. The highest BCUT2D eigenvalue weighted by atomic mass is 32.2. The molecule has 0 unspecified atom stereocenters. The predicted octanol–water partition coefficient (Wildman–Crippen LogP) is 0.800. The lowest BCUT2D eigenvalue weighted by Crippen LogP contribution is -2.09. The van der Waals surface area contributed by atoms with Gasteiger partial charge >= 0.3 is 5.97 Å². The third kappa shape index (κ3) is 2.77. The number of carboxylic acids is 1. The molecule has 1 rings (SSSR count). The first-order chi connectivity index (χ1) is 7.92. The number of methoxy groups -OCH3 is 1. The minimum Gasteiger partial charge on any atom is -0.495 e. The summed E-state index contributed by atoms with van der Waals surface area (Å²) in [5, 5.41) is 8.79. The zero-order valence-corrected chi connectivity index (χ0v) is 9.82. The zero-order valence-electron chi connectivity index (χ0n) is 9.00. The number of ether oxygens (including phenoxy) is 1. The van der Waals surface area contributed by atoms with Crippen LogP contribution in [0.5, 0.6) is 5.75 Å². The topological polar surface area (TPSA) is 80.7 Å². The minimum absolute atomic E-state index is 0.0743. The molecular weight excluding hydrogens is 244 g/mol. The first kappa shape index (κ1) is 13.1. The van der Waals surface area contributed by atoms with Crippen LogP contribution in [-0.4, -0.2) is 32.4 Å². The second-order valence-electron chi connectivity index (χ2n) is 3.13. The van der Waals surface area contributed by atoms with E-state index in [1.54, 1.807) is 0 Å². The number of hydrogen-bond donors (Lipinski definition) is 1. The van der Waals surface area contributed by atoms with Crippen molar-refractivity contribution in [3.63, 3.8) is 0 Å². The van der Waals surface area contributed by atoms with Crippen LogP contribution in [0.1, 0.15) is 10.4 Å². The van der Waals surface area contributed by atoms with Crippen molar-refractivity contribution < 1.29 is 23.1 Å². The SMILES string of the molecule is C#CCS(=O)(=O)c1cc(C(=O)O)ccc1OC. The molecule has 0 atom stereocenters. The second-order valence-corrected chi connectivity index (χ2v) is 5.09. The molecule has 0 aliphatic heterocycles. The lowest BCUT2D eigenvalue weighted by Gasteiger charge is -2.08. The van der Waals surface area contributed by atoms with Crippen molar-refractivity contribution in [3.8, 4) is 18.1 Å². The van der Waals surface area contributed by atoms with Gasteiger partial charge in [-0.3, -0.25) is 0 Å². The fourth-order valence-corrected chi connectivity index (χ4v) is 2.38. The molecule has 0 aromatic heterocycles. The highest BCUT2D eigenvalue weighted by Gasteiger charge is 2.20. The third-order valence-electron chi connectivity index (χ3n) is 2.02. The molecule has 17 heavy (non-hydrogen) atoms. The lowest BCUT2D eigenvalue weighted by atomic mass is 10.2. The molecule has 0 radical (unpaired) electrons. The Morgan fingerprint density at radius 1 is 1.53 bits per heavy atom. The number of terminal acetylenes is 1. The van der Waals surface area contributed by atoms with Gasteiger partial charge in [0.05, 0.1) is 12.7 Å². The molecule has 1 aromatic carbocycles. The van der Waals surface area contributed by atoms with Crippen LogP contribution in [0.2, 0.25) is 0 Å². The summed E-state index contributed by atoms with van der Waals surface area (Å²) in [4.78, 5) is 10.6. The summed E-state index contributed by atoms with van der Waals surface area (Å²) in [6.45, 7) is 0. The van der Waals surface area contributed by atoms with Gasteiger partial charge in [0.1, 0.15) is 16.4 Å². The zero-order chi connectivity index (χ0) is 13.1. The second kappa shape index (κ2) is 4.89. The average Bonchev–Trinajstić information content (AvgIpc) is 2.28. The Bertz CT molecular complexity index is 580. The average molecular weight is 254 g/mol. The van der Waals surface area contributed by atoms with Crippen LogP contribution in [0.25, 0.3) is 0 Å². The van der Waals surface area contributed by atoms with Crippen LogP contribution < -0.4 is 4.74 Å². The van der Waals surface area contributed by atoms with Crippen molar-refractivity contribution in [1.29, 1.82) is 0 Å². The maximum atomic E-state index is 11.8. The van der Waals surface area contributed by atoms with E-state index in [1.807, 2.05) is 5.92 Å². The first-order valence-corrected chi connectivity index (χ1v) is 6.15. The van der Waals surface area contributed by atoms with Crippen LogP contribution in [0.3, 0.4) is 0 Å². The lowest BCUT2D eigenvalue weighted by molar-refractivity contribution is 0.0696. The summed E-state index contributed by atoms with van der Waals surface area (Å²) in [6.07, 6.45) is 4.96. The van der Waals surface area contributed by atoms with E-state index in [-0.39, 0.29) is 16.2 Å². The standard InChI is InChI=1S/C11H10O5S/c1-3-6-17(14,15)10-7-8(11(12)13)4-5-9(10)16-2/h1,4-5,7H,6H2,2H3,(H,12,13). The van der Waals surface area contributed by atoms with E-state index in [2.05, 4.69) is 0 Å². The number of aromatic carboxylic acids is 1. The van der Waals surface area contributed by atoms with Crippen molar-refractivity contribution >= 4 is 15.8 Å². The Balaban J connectivity index is 3.45. The van der Waals surface area contributed by atoms with Gasteiger partial charge < -0.3 is 9.84 Å². The Hall–Kier alpha value is -2.00. The summed E-state index contributed by atoms with van der Waals surface area (Å²) in [6, 6.07) is 3.58. The van der Waals surface area contributed by atoms with Gasteiger partial charge in [0.25, 0.3) is 0 Å². The maximum absolute atomic E-state index is 11.8. The summed E-state index contributed by atoms with van der Waals surface area (Å²) in [7, 11) is -2.44. The number of carboxylic acid groups (broad SMARTS) is 1. The number of sulfone groups is 1. The summed E-state index contributed by atoms with van der Waals surface area (Å²) in [5.41, 5.74) is -0.138. The molecule has 0 saturated heterocycles. The van der Waals surface area contributed by atoms with E-state index in [0.717, 1.165) is 6.07 Å². The smallest absolute Gasteiger partial charge is 0.335 e. The van der Waals surface area contributed by atoms with Gasteiger partial charge in [-0.25, -0.2) is 13.2 Å². The van der Waals surface area contributed by atoms with Crippen LogP contribution in [0.4, 0.5) is 0 Å². The molecule has 1 N–H and O–H groups in total. The molecule has 6 heteroatoms. The predicted molar refractivity (Wildman–Crippen MR) is 60.8 cm³/mol. The quantitative estimate of drug-likeness (QED) is 0.804. The molecule has 0 heterocycles. The molecule has 0 fully saturated rings. The van der Waals surface area contributed by atoms with Crippen molar-refractivity contribution in [2.75, 3.05) is 12.9 Å². The van der Waals surface area contributed by atoms with Crippen molar-refractivity contribution in [1.82, 2.24) is 0 Å². The molecule has 0 bridgehead atoms. The van der Waals surface area contributed by atoms with Crippen molar-refractivity contribution in [2.45, 2.75) is 4.90 Å².